The van der Waals surface area contributed by atoms with Gasteiger partial charge in [0.2, 0.25) is 5.13 Å². The molecule has 140 valence electrons. The van der Waals surface area contributed by atoms with Gasteiger partial charge in [-0.3, -0.25) is 10.1 Å². The Labute approximate surface area is 163 Å². The molecule has 9 heteroatoms. The Morgan fingerprint density at radius 1 is 1.19 bits per heavy atom. The highest BCUT2D eigenvalue weighted by Gasteiger charge is 2.16. The number of nitrogens with zero attached hydrogens (tertiary/aromatic N) is 2. The summed E-state index contributed by atoms with van der Waals surface area (Å²) in [6, 6.07) is 11.3. The Bertz CT molecular complexity index is 949. The summed E-state index contributed by atoms with van der Waals surface area (Å²) in [7, 11) is 3.02. The Balaban J connectivity index is 1.64. The van der Waals surface area contributed by atoms with Crippen LogP contribution in [0.4, 0.5) is 9.52 Å². The van der Waals surface area contributed by atoms with Crippen molar-refractivity contribution in [3.05, 3.63) is 59.4 Å². The molecule has 27 heavy (non-hydrogen) atoms. The molecule has 0 saturated heterocycles. The molecule has 3 rings (SSSR count). The number of carbonyl (C=O) groups excluding carboxylic acids is 1. The zero-order valence-electron chi connectivity index (χ0n) is 14.6. The third-order valence-corrected chi connectivity index (χ3v) is 5.57. The van der Waals surface area contributed by atoms with Crippen LogP contribution in [0.25, 0.3) is 0 Å². The number of hydrogen-bond donors (Lipinski definition) is 1. The van der Waals surface area contributed by atoms with Crippen molar-refractivity contribution in [1.82, 2.24) is 10.2 Å². The summed E-state index contributed by atoms with van der Waals surface area (Å²) in [4.78, 5) is 12.5. The number of halogens is 1. The molecule has 0 spiro atoms. The first-order valence-electron chi connectivity index (χ1n) is 7.83. The van der Waals surface area contributed by atoms with Crippen LogP contribution < -0.4 is 14.8 Å². The fourth-order valence-corrected chi connectivity index (χ4v) is 3.93. The summed E-state index contributed by atoms with van der Waals surface area (Å²) < 4.78 is 24.3. The van der Waals surface area contributed by atoms with E-state index in [0.29, 0.717) is 32.3 Å². The van der Waals surface area contributed by atoms with Crippen molar-refractivity contribution < 1.29 is 18.7 Å². The molecule has 2 aromatic carbocycles. The SMILES string of the molecule is COc1ccc(C(=O)Nc2nnc(SCc3cccc(F)c3)s2)c(OC)c1. The second-order valence-electron chi connectivity index (χ2n) is 5.31. The van der Waals surface area contributed by atoms with Crippen LogP contribution in [0.15, 0.2) is 46.8 Å². The third-order valence-electron chi connectivity index (χ3n) is 3.53. The van der Waals surface area contributed by atoms with Crippen molar-refractivity contribution in [3.8, 4) is 11.5 Å². The van der Waals surface area contributed by atoms with Crippen LogP contribution >= 0.6 is 23.1 Å². The number of methoxy groups -OCH3 is 2. The highest BCUT2D eigenvalue weighted by atomic mass is 32.2. The lowest BCUT2D eigenvalue weighted by molar-refractivity contribution is 0.102. The molecule has 6 nitrogen and oxygen atoms in total. The maximum Gasteiger partial charge on any atom is 0.261 e. The van der Waals surface area contributed by atoms with Crippen molar-refractivity contribution in [2.45, 2.75) is 10.1 Å². The Kier molecular flexibility index (Phi) is 6.25. The third kappa shape index (κ3) is 4.95. The zero-order chi connectivity index (χ0) is 19.2. The first-order valence-corrected chi connectivity index (χ1v) is 9.63. The van der Waals surface area contributed by atoms with Crippen LogP contribution in [-0.2, 0) is 5.75 Å². The van der Waals surface area contributed by atoms with Gasteiger partial charge in [0.1, 0.15) is 17.3 Å². The minimum absolute atomic E-state index is 0.272. The van der Waals surface area contributed by atoms with E-state index in [2.05, 4.69) is 15.5 Å². The van der Waals surface area contributed by atoms with Gasteiger partial charge in [-0.2, -0.15) is 0 Å². The van der Waals surface area contributed by atoms with Crippen molar-refractivity contribution in [2.75, 3.05) is 19.5 Å². The number of hydrogen-bond acceptors (Lipinski definition) is 7. The van der Waals surface area contributed by atoms with Crippen LogP contribution in [0.3, 0.4) is 0 Å². The van der Waals surface area contributed by atoms with Crippen molar-refractivity contribution >= 4 is 34.1 Å². The van der Waals surface area contributed by atoms with Gasteiger partial charge in [-0.05, 0) is 29.8 Å². The maximum absolute atomic E-state index is 13.2. The topological polar surface area (TPSA) is 73.3 Å². The largest absolute Gasteiger partial charge is 0.497 e. The molecule has 0 aliphatic carbocycles. The molecule has 0 bridgehead atoms. The standard InChI is InChI=1S/C18H16FN3O3S2/c1-24-13-6-7-14(15(9-13)25-2)16(23)20-17-21-22-18(27-17)26-10-11-4-3-5-12(19)8-11/h3-9H,10H2,1-2H3,(H,20,21,23). The van der Waals surface area contributed by atoms with E-state index < -0.39 is 0 Å². The summed E-state index contributed by atoms with van der Waals surface area (Å²) in [5, 5.41) is 11.1. The number of nitrogens with one attached hydrogen (secondary N) is 1. The van der Waals surface area contributed by atoms with Gasteiger partial charge in [0.05, 0.1) is 19.8 Å². The van der Waals surface area contributed by atoms with Crippen molar-refractivity contribution in [1.29, 1.82) is 0 Å². The van der Waals surface area contributed by atoms with Gasteiger partial charge in [0.15, 0.2) is 4.34 Å². The van der Waals surface area contributed by atoms with Gasteiger partial charge in [-0.15, -0.1) is 10.2 Å². The van der Waals surface area contributed by atoms with E-state index in [-0.39, 0.29) is 11.7 Å². The van der Waals surface area contributed by atoms with Crippen LogP contribution in [0.2, 0.25) is 0 Å². The van der Waals surface area contributed by atoms with E-state index in [1.807, 2.05) is 6.07 Å². The molecule has 0 aliphatic rings. The summed E-state index contributed by atoms with van der Waals surface area (Å²) in [6.45, 7) is 0. The molecule has 1 amide bonds. The smallest absolute Gasteiger partial charge is 0.261 e. The zero-order valence-corrected chi connectivity index (χ0v) is 16.2. The van der Waals surface area contributed by atoms with Gasteiger partial charge >= 0.3 is 0 Å². The summed E-state index contributed by atoms with van der Waals surface area (Å²) >= 11 is 2.67. The van der Waals surface area contributed by atoms with Crippen molar-refractivity contribution in [2.24, 2.45) is 0 Å². The number of thioether (sulfide) groups is 1. The number of anilines is 1. The van der Waals surface area contributed by atoms with E-state index in [1.165, 1.54) is 42.3 Å². The second-order valence-corrected chi connectivity index (χ2v) is 7.51. The average molecular weight is 405 g/mol. The van der Waals surface area contributed by atoms with Crippen LogP contribution in [-0.4, -0.2) is 30.3 Å². The minimum atomic E-state index is -0.354. The normalized spacial score (nSPS) is 10.5. The Hall–Kier alpha value is -2.65. The number of amides is 1. The van der Waals surface area contributed by atoms with E-state index in [4.69, 9.17) is 9.47 Å². The van der Waals surface area contributed by atoms with E-state index in [0.717, 1.165) is 5.56 Å². The minimum Gasteiger partial charge on any atom is -0.497 e. The van der Waals surface area contributed by atoms with E-state index in [1.54, 1.807) is 31.4 Å². The molecule has 1 N–H and O–H groups in total. The molecule has 0 radical (unpaired) electrons. The molecular weight excluding hydrogens is 389 g/mol. The van der Waals surface area contributed by atoms with Crippen LogP contribution in [0.5, 0.6) is 11.5 Å². The van der Waals surface area contributed by atoms with E-state index in [9.17, 15) is 9.18 Å². The molecule has 0 unspecified atom stereocenters. The molecule has 0 fully saturated rings. The number of ether oxygens (including phenoxy) is 2. The Morgan fingerprint density at radius 2 is 2.04 bits per heavy atom. The number of benzene rings is 2. The lowest BCUT2D eigenvalue weighted by Crippen LogP contribution is -2.13. The van der Waals surface area contributed by atoms with E-state index >= 15 is 0 Å². The summed E-state index contributed by atoms with van der Waals surface area (Å²) in [5.74, 6) is 0.929. The number of rotatable bonds is 7. The lowest BCUT2D eigenvalue weighted by atomic mass is 10.2. The predicted molar refractivity (Wildman–Crippen MR) is 103 cm³/mol. The quantitative estimate of drug-likeness (QED) is 0.468. The summed E-state index contributed by atoms with van der Waals surface area (Å²) in [6.07, 6.45) is 0. The monoisotopic (exact) mass is 405 g/mol. The summed E-state index contributed by atoms with van der Waals surface area (Å²) in [5.41, 5.74) is 1.21. The van der Waals surface area contributed by atoms with Crippen LogP contribution in [0.1, 0.15) is 15.9 Å². The molecule has 0 saturated carbocycles. The van der Waals surface area contributed by atoms with Gasteiger partial charge in [0.25, 0.3) is 5.91 Å². The first-order chi connectivity index (χ1) is 13.1. The van der Waals surface area contributed by atoms with Gasteiger partial charge in [0, 0.05) is 11.8 Å². The molecule has 1 aromatic heterocycles. The van der Waals surface area contributed by atoms with Gasteiger partial charge in [-0.1, -0.05) is 35.2 Å². The molecular formula is C18H16FN3O3S2. The molecule has 3 aromatic rings. The maximum atomic E-state index is 13.2. The van der Waals surface area contributed by atoms with Crippen molar-refractivity contribution in [3.63, 3.8) is 0 Å². The fraction of sp³-hybridized carbons (Fsp3) is 0.167. The highest BCUT2D eigenvalue weighted by molar-refractivity contribution is 8.00. The first kappa shape index (κ1) is 19.1. The number of carbonyl (C=O) groups is 1. The van der Waals surface area contributed by atoms with Gasteiger partial charge in [-0.25, -0.2) is 4.39 Å². The number of aromatic nitrogens is 2. The Morgan fingerprint density at radius 3 is 2.78 bits per heavy atom. The average Bonchev–Trinajstić information content (AvgIpc) is 3.13. The highest BCUT2D eigenvalue weighted by Crippen LogP contribution is 2.30. The molecule has 1 heterocycles. The second kappa shape index (κ2) is 8.83. The predicted octanol–water partition coefficient (Wildman–Crippen LogP) is 4.24. The lowest BCUT2D eigenvalue weighted by Gasteiger charge is -2.09. The molecule has 0 atom stereocenters. The molecule has 0 aliphatic heterocycles. The van der Waals surface area contributed by atoms with Gasteiger partial charge < -0.3 is 9.47 Å². The fourth-order valence-electron chi connectivity index (χ4n) is 2.24. The van der Waals surface area contributed by atoms with Crippen LogP contribution in [0, 0.1) is 5.82 Å².